The molecular formula is C9H7F5NO. The Bertz CT molecular complexity index is 382. The highest BCUT2D eigenvalue weighted by atomic mass is 19.4. The summed E-state index contributed by atoms with van der Waals surface area (Å²) in [5, 5.41) is 12.7. The van der Waals surface area contributed by atoms with Crippen molar-refractivity contribution < 1.29 is 27.1 Å². The van der Waals surface area contributed by atoms with Gasteiger partial charge in [0.15, 0.2) is 0 Å². The van der Waals surface area contributed by atoms with Gasteiger partial charge < -0.3 is 5.11 Å². The van der Waals surface area contributed by atoms with Gasteiger partial charge in [-0.25, -0.2) is 8.78 Å². The molecule has 1 radical (unpaired) electrons. The number of hydrogen-bond acceptors (Lipinski definition) is 1. The number of halogens is 5. The van der Waals surface area contributed by atoms with Gasteiger partial charge in [-0.1, -0.05) is 0 Å². The van der Waals surface area contributed by atoms with Gasteiger partial charge in [-0.05, 0) is 6.42 Å². The molecule has 0 saturated carbocycles. The van der Waals surface area contributed by atoms with Crippen LogP contribution in [0.1, 0.15) is 12.8 Å². The van der Waals surface area contributed by atoms with Crippen LogP contribution in [0.25, 0.3) is 0 Å². The first-order valence-electron chi connectivity index (χ1n) is 4.51. The molecule has 16 heavy (non-hydrogen) atoms. The fourth-order valence-electron chi connectivity index (χ4n) is 1.80. The third-order valence-corrected chi connectivity index (χ3v) is 2.62. The normalized spacial score (nSPS) is 28.6. The summed E-state index contributed by atoms with van der Waals surface area (Å²) < 4.78 is 63.5. The molecule has 0 saturated heterocycles. The maximum atomic E-state index is 13.1. The quantitative estimate of drug-likeness (QED) is 0.646. The Balaban J connectivity index is 2.40. The summed E-state index contributed by atoms with van der Waals surface area (Å²) >= 11 is 0. The fraction of sp³-hybridized carbons (Fsp3) is 0.556. The third-order valence-electron chi connectivity index (χ3n) is 2.62. The van der Waals surface area contributed by atoms with Crippen molar-refractivity contribution in [2.45, 2.75) is 31.0 Å². The predicted molar refractivity (Wildman–Crippen MR) is 43.5 cm³/mol. The smallest absolute Gasteiger partial charge is 0.382 e. The van der Waals surface area contributed by atoms with E-state index in [1.165, 1.54) is 0 Å². The molecule has 0 fully saturated rings. The average molecular weight is 240 g/mol. The minimum atomic E-state index is -4.77. The lowest BCUT2D eigenvalue weighted by molar-refractivity contribution is -0.114. The molecular weight excluding hydrogens is 233 g/mol. The van der Waals surface area contributed by atoms with Crippen LogP contribution in [0.2, 0.25) is 0 Å². The maximum absolute atomic E-state index is 13.1. The van der Waals surface area contributed by atoms with Crippen LogP contribution < -0.4 is 5.32 Å². The van der Waals surface area contributed by atoms with Crippen LogP contribution in [0.5, 0.6) is 0 Å². The second-order valence-corrected chi connectivity index (χ2v) is 3.69. The molecule has 1 aliphatic heterocycles. The number of allylic oxidation sites excluding steroid dienone is 1. The Morgan fingerprint density at radius 2 is 2.00 bits per heavy atom. The first-order chi connectivity index (χ1) is 7.23. The zero-order valence-corrected chi connectivity index (χ0v) is 7.85. The summed E-state index contributed by atoms with van der Waals surface area (Å²) in [6.45, 7) is 0. The molecule has 1 heterocycles. The van der Waals surface area contributed by atoms with Crippen molar-refractivity contribution in [2.75, 3.05) is 0 Å². The molecule has 0 aromatic heterocycles. The SMILES string of the molecule is OC1C2=C(CCC1(F)F)[N]C=C2C(F)(F)F. The van der Waals surface area contributed by atoms with E-state index in [4.69, 9.17) is 0 Å². The van der Waals surface area contributed by atoms with Gasteiger partial charge in [-0.15, -0.1) is 0 Å². The largest absolute Gasteiger partial charge is 0.418 e. The Morgan fingerprint density at radius 3 is 2.56 bits per heavy atom. The van der Waals surface area contributed by atoms with E-state index in [0.29, 0.717) is 6.20 Å². The molecule has 1 N–H and O–H groups in total. The van der Waals surface area contributed by atoms with Crippen LogP contribution in [0.3, 0.4) is 0 Å². The van der Waals surface area contributed by atoms with Crippen molar-refractivity contribution in [3.05, 3.63) is 23.0 Å². The predicted octanol–water partition coefficient (Wildman–Crippen LogP) is 2.09. The van der Waals surface area contributed by atoms with Gasteiger partial charge in [0.2, 0.25) is 0 Å². The molecule has 89 valence electrons. The summed E-state index contributed by atoms with van der Waals surface area (Å²) in [4.78, 5) is 0. The Hall–Kier alpha value is -1.11. The van der Waals surface area contributed by atoms with E-state index in [0.717, 1.165) is 0 Å². The van der Waals surface area contributed by atoms with E-state index < -0.39 is 35.8 Å². The highest BCUT2D eigenvalue weighted by molar-refractivity contribution is 5.48. The summed E-state index contributed by atoms with van der Waals surface area (Å²) in [6.07, 6.45) is -7.63. The highest BCUT2D eigenvalue weighted by Crippen LogP contribution is 2.46. The molecule has 2 nitrogen and oxygen atoms in total. The lowest BCUT2D eigenvalue weighted by Crippen LogP contribution is -2.40. The number of aliphatic hydroxyl groups excluding tert-OH is 1. The Kier molecular flexibility index (Phi) is 2.27. The zero-order chi connectivity index (χ0) is 12.1. The number of nitrogens with zero attached hydrogens (tertiary/aromatic N) is 1. The van der Waals surface area contributed by atoms with Gasteiger partial charge in [0.25, 0.3) is 5.92 Å². The second kappa shape index (κ2) is 3.19. The lowest BCUT2D eigenvalue weighted by atomic mass is 9.87. The van der Waals surface area contributed by atoms with Gasteiger partial charge in [0.05, 0.1) is 5.57 Å². The van der Waals surface area contributed by atoms with Crippen LogP contribution >= 0.6 is 0 Å². The molecule has 0 spiro atoms. The van der Waals surface area contributed by atoms with Crippen molar-refractivity contribution in [2.24, 2.45) is 0 Å². The van der Waals surface area contributed by atoms with E-state index in [1.54, 1.807) is 0 Å². The number of alkyl halides is 5. The number of rotatable bonds is 0. The summed E-state index contributed by atoms with van der Waals surface area (Å²) in [7, 11) is 0. The molecule has 0 aromatic carbocycles. The molecule has 1 atom stereocenters. The van der Waals surface area contributed by atoms with Crippen molar-refractivity contribution in [3.8, 4) is 0 Å². The van der Waals surface area contributed by atoms with E-state index in [2.05, 4.69) is 5.32 Å². The minimum Gasteiger partial charge on any atom is -0.382 e. The van der Waals surface area contributed by atoms with Crippen LogP contribution in [0, 0.1) is 0 Å². The fourth-order valence-corrected chi connectivity index (χ4v) is 1.80. The standard InChI is InChI=1S/C9H7F5NO/c10-8(11)2-1-5-6(7(8)16)4(3-15-5)9(12,13)14/h3,7,16H,1-2H2. The van der Waals surface area contributed by atoms with Crippen molar-refractivity contribution in [1.29, 1.82) is 0 Å². The topological polar surface area (TPSA) is 34.3 Å². The molecule has 1 aliphatic carbocycles. The van der Waals surface area contributed by atoms with Crippen LogP contribution in [-0.4, -0.2) is 23.3 Å². The molecule has 7 heteroatoms. The summed E-state index contributed by atoms with van der Waals surface area (Å²) in [5.41, 5.74) is -2.14. The van der Waals surface area contributed by atoms with Gasteiger partial charge in [-0.2, -0.15) is 13.2 Å². The number of hydrogen-bond donors (Lipinski definition) is 1. The van der Waals surface area contributed by atoms with E-state index in [9.17, 15) is 27.1 Å². The first-order valence-corrected chi connectivity index (χ1v) is 4.51. The van der Waals surface area contributed by atoms with Gasteiger partial charge in [0, 0.05) is 23.9 Å². The van der Waals surface area contributed by atoms with E-state index in [-0.39, 0.29) is 12.1 Å². The molecule has 0 aromatic rings. The highest BCUT2D eigenvalue weighted by Gasteiger charge is 2.52. The van der Waals surface area contributed by atoms with Crippen molar-refractivity contribution in [1.82, 2.24) is 5.32 Å². The van der Waals surface area contributed by atoms with Gasteiger partial charge in [-0.3, -0.25) is 5.32 Å². The average Bonchev–Trinajstić information content (AvgIpc) is 2.55. The molecule has 0 bridgehead atoms. The molecule has 2 aliphatic rings. The van der Waals surface area contributed by atoms with E-state index in [1.807, 2.05) is 0 Å². The van der Waals surface area contributed by atoms with Crippen molar-refractivity contribution in [3.63, 3.8) is 0 Å². The Labute approximate surface area is 87.4 Å². The lowest BCUT2D eigenvalue weighted by Gasteiger charge is -2.30. The van der Waals surface area contributed by atoms with Crippen molar-refractivity contribution >= 4 is 0 Å². The first kappa shape index (κ1) is 11.4. The van der Waals surface area contributed by atoms with Crippen LogP contribution in [0.4, 0.5) is 22.0 Å². The van der Waals surface area contributed by atoms with Crippen LogP contribution in [0.15, 0.2) is 23.0 Å². The molecule has 2 rings (SSSR count). The van der Waals surface area contributed by atoms with Gasteiger partial charge >= 0.3 is 6.18 Å². The third kappa shape index (κ3) is 1.59. The second-order valence-electron chi connectivity index (χ2n) is 3.69. The van der Waals surface area contributed by atoms with Gasteiger partial charge in [0.1, 0.15) is 6.10 Å². The summed E-state index contributed by atoms with van der Waals surface area (Å²) in [5.74, 6) is -3.52. The molecule has 1 unspecified atom stereocenters. The number of aliphatic hydroxyl groups is 1. The summed E-state index contributed by atoms with van der Waals surface area (Å²) in [6, 6.07) is 0. The monoisotopic (exact) mass is 240 g/mol. The maximum Gasteiger partial charge on any atom is 0.418 e. The Morgan fingerprint density at radius 1 is 1.38 bits per heavy atom. The van der Waals surface area contributed by atoms with Crippen LogP contribution in [-0.2, 0) is 0 Å². The molecule has 0 amide bonds. The minimum absolute atomic E-state index is 0.0919. The zero-order valence-electron chi connectivity index (χ0n) is 7.85. The van der Waals surface area contributed by atoms with E-state index >= 15 is 0 Å².